The van der Waals surface area contributed by atoms with Gasteiger partial charge in [-0.15, -0.1) is 0 Å². The van der Waals surface area contributed by atoms with E-state index in [4.69, 9.17) is 14.2 Å². The SMILES string of the molecule is CC/C=C\C/C=C\CCCCCCCC(=O)OC(COC(=O)CCCCCCC\C=C/C=C\C=C/C=C\C=C/CCC)COC(=O)CCCCCCCCCCCC. The topological polar surface area (TPSA) is 78.9 Å². The van der Waals surface area contributed by atoms with Crippen LogP contribution in [-0.4, -0.2) is 37.2 Å². The second-order valence-electron chi connectivity index (χ2n) is 15.4. The first-order chi connectivity index (χ1) is 28.5. The van der Waals surface area contributed by atoms with Crippen molar-refractivity contribution in [1.82, 2.24) is 0 Å². The molecule has 6 heteroatoms. The van der Waals surface area contributed by atoms with Crippen molar-refractivity contribution in [2.45, 2.75) is 213 Å². The molecule has 6 nitrogen and oxygen atoms in total. The van der Waals surface area contributed by atoms with E-state index in [-0.39, 0.29) is 31.1 Å². The number of ether oxygens (including phenoxy) is 3. The zero-order valence-corrected chi connectivity index (χ0v) is 37.5. The van der Waals surface area contributed by atoms with Crippen LogP contribution in [0, 0.1) is 0 Å². The van der Waals surface area contributed by atoms with Gasteiger partial charge in [-0.05, 0) is 64.2 Å². The first-order valence-electron chi connectivity index (χ1n) is 23.7. The molecule has 0 amide bonds. The van der Waals surface area contributed by atoms with Gasteiger partial charge in [-0.3, -0.25) is 14.4 Å². The van der Waals surface area contributed by atoms with E-state index < -0.39 is 6.10 Å². The summed E-state index contributed by atoms with van der Waals surface area (Å²) in [5.74, 6) is -0.939. The molecule has 0 spiro atoms. The quantitative estimate of drug-likeness (QED) is 0.0201. The molecule has 1 atom stereocenters. The van der Waals surface area contributed by atoms with Crippen LogP contribution < -0.4 is 0 Å². The minimum atomic E-state index is -0.791. The first-order valence-corrected chi connectivity index (χ1v) is 23.7. The average molecular weight is 807 g/mol. The lowest BCUT2D eigenvalue weighted by Gasteiger charge is -2.18. The van der Waals surface area contributed by atoms with Gasteiger partial charge in [-0.25, -0.2) is 0 Å². The summed E-state index contributed by atoms with van der Waals surface area (Å²) in [6.45, 7) is 6.37. The third kappa shape index (κ3) is 43.7. The summed E-state index contributed by atoms with van der Waals surface area (Å²) >= 11 is 0. The zero-order chi connectivity index (χ0) is 42.3. The minimum absolute atomic E-state index is 0.0906. The van der Waals surface area contributed by atoms with E-state index in [9.17, 15) is 14.4 Å². The Labute approximate surface area is 356 Å². The van der Waals surface area contributed by atoms with Crippen LogP contribution in [0.25, 0.3) is 0 Å². The standard InChI is InChI=1S/C52H86O6/c1-4-7-10-13-16-19-22-24-25-26-27-28-29-31-33-36-39-42-45-51(54)57-48-49(47-56-50(53)44-41-38-35-32-21-18-15-12-9-6-3)58-52(55)46-43-40-37-34-30-23-20-17-14-11-8-5-2/h8,10-11,13,16-17,19-20,22,24-28,49H,4-7,9,12,14-15,18,21,23,29-48H2,1-3H3/b11-8-,13-10-,19-16-,20-17-,24-22-,26-25-,28-27-. The van der Waals surface area contributed by atoms with Crippen LogP contribution in [0.3, 0.4) is 0 Å². The molecule has 0 aromatic rings. The molecule has 0 fully saturated rings. The van der Waals surface area contributed by atoms with Gasteiger partial charge in [0.25, 0.3) is 0 Å². The molecule has 58 heavy (non-hydrogen) atoms. The summed E-state index contributed by atoms with van der Waals surface area (Å²) in [5.41, 5.74) is 0. The summed E-state index contributed by atoms with van der Waals surface area (Å²) in [7, 11) is 0. The van der Waals surface area contributed by atoms with Crippen molar-refractivity contribution in [3.8, 4) is 0 Å². The number of esters is 3. The molecule has 0 saturated heterocycles. The van der Waals surface area contributed by atoms with Crippen molar-refractivity contribution in [2.75, 3.05) is 13.2 Å². The Balaban J connectivity index is 4.43. The van der Waals surface area contributed by atoms with E-state index in [2.05, 4.69) is 75.5 Å². The Morgan fingerprint density at radius 3 is 1.26 bits per heavy atom. The number of hydrogen-bond donors (Lipinski definition) is 0. The summed E-state index contributed by atoms with van der Waals surface area (Å²) in [4.78, 5) is 37.8. The summed E-state index contributed by atoms with van der Waals surface area (Å²) in [6, 6.07) is 0. The predicted octanol–water partition coefficient (Wildman–Crippen LogP) is 15.3. The van der Waals surface area contributed by atoms with E-state index in [0.29, 0.717) is 19.3 Å². The Hall–Kier alpha value is -3.41. The van der Waals surface area contributed by atoms with Crippen LogP contribution in [0.15, 0.2) is 85.1 Å². The van der Waals surface area contributed by atoms with Crippen LogP contribution in [0.1, 0.15) is 207 Å². The van der Waals surface area contributed by atoms with Gasteiger partial charge in [0.2, 0.25) is 0 Å². The van der Waals surface area contributed by atoms with Gasteiger partial charge in [0.1, 0.15) is 13.2 Å². The Morgan fingerprint density at radius 2 is 0.776 bits per heavy atom. The van der Waals surface area contributed by atoms with Gasteiger partial charge in [0.15, 0.2) is 6.10 Å². The average Bonchev–Trinajstić information content (AvgIpc) is 3.22. The van der Waals surface area contributed by atoms with Gasteiger partial charge in [-0.2, -0.15) is 0 Å². The lowest BCUT2D eigenvalue weighted by Crippen LogP contribution is -2.30. The molecule has 0 N–H and O–H groups in total. The molecule has 330 valence electrons. The third-order valence-electron chi connectivity index (χ3n) is 9.74. The molecule has 0 radical (unpaired) electrons. The number of unbranched alkanes of at least 4 members (excludes halogenated alkanes) is 20. The number of carbonyl (C=O) groups is 3. The molecule has 0 aromatic heterocycles. The first kappa shape index (κ1) is 54.6. The highest BCUT2D eigenvalue weighted by Gasteiger charge is 2.19. The Morgan fingerprint density at radius 1 is 0.379 bits per heavy atom. The number of allylic oxidation sites excluding steroid dienone is 14. The minimum Gasteiger partial charge on any atom is -0.462 e. The van der Waals surface area contributed by atoms with Crippen LogP contribution in [-0.2, 0) is 28.6 Å². The van der Waals surface area contributed by atoms with Crippen molar-refractivity contribution in [3.05, 3.63) is 85.1 Å². The Kier molecular flexibility index (Phi) is 43.6. The highest BCUT2D eigenvalue weighted by molar-refractivity contribution is 5.71. The normalized spacial score (nSPS) is 12.8. The molecule has 0 aromatic carbocycles. The van der Waals surface area contributed by atoms with E-state index in [1.54, 1.807) is 0 Å². The van der Waals surface area contributed by atoms with Crippen molar-refractivity contribution in [2.24, 2.45) is 0 Å². The monoisotopic (exact) mass is 807 g/mol. The van der Waals surface area contributed by atoms with E-state index in [1.165, 1.54) is 51.4 Å². The number of carbonyl (C=O) groups excluding carboxylic acids is 3. The molecule has 0 aliphatic heterocycles. The van der Waals surface area contributed by atoms with E-state index in [0.717, 1.165) is 116 Å². The number of rotatable bonds is 41. The fourth-order valence-corrected chi connectivity index (χ4v) is 6.21. The summed E-state index contributed by atoms with van der Waals surface area (Å²) in [5, 5.41) is 0. The second-order valence-corrected chi connectivity index (χ2v) is 15.4. The molecule has 0 heterocycles. The van der Waals surface area contributed by atoms with Crippen molar-refractivity contribution >= 4 is 17.9 Å². The van der Waals surface area contributed by atoms with Gasteiger partial charge in [0, 0.05) is 19.3 Å². The van der Waals surface area contributed by atoms with Crippen LogP contribution >= 0.6 is 0 Å². The molecular formula is C52H86O6. The Bertz CT molecular complexity index is 1160. The molecule has 0 aliphatic rings. The van der Waals surface area contributed by atoms with Crippen LogP contribution in [0.5, 0.6) is 0 Å². The molecule has 0 aliphatic carbocycles. The van der Waals surface area contributed by atoms with E-state index in [1.807, 2.05) is 30.4 Å². The smallest absolute Gasteiger partial charge is 0.306 e. The zero-order valence-electron chi connectivity index (χ0n) is 37.5. The maximum absolute atomic E-state index is 12.7. The fraction of sp³-hybridized carbons (Fsp3) is 0.673. The molecule has 0 saturated carbocycles. The highest BCUT2D eigenvalue weighted by Crippen LogP contribution is 2.14. The van der Waals surface area contributed by atoms with Crippen LogP contribution in [0.2, 0.25) is 0 Å². The fourth-order valence-electron chi connectivity index (χ4n) is 6.21. The van der Waals surface area contributed by atoms with Gasteiger partial charge >= 0.3 is 17.9 Å². The molecular weight excluding hydrogens is 721 g/mol. The lowest BCUT2D eigenvalue weighted by molar-refractivity contribution is -0.167. The lowest BCUT2D eigenvalue weighted by atomic mass is 10.1. The van der Waals surface area contributed by atoms with Gasteiger partial charge in [-0.1, -0.05) is 209 Å². The summed E-state index contributed by atoms with van der Waals surface area (Å²) < 4.78 is 16.7. The second kappa shape index (κ2) is 46.3. The highest BCUT2D eigenvalue weighted by atomic mass is 16.6. The van der Waals surface area contributed by atoms with Gasteiger partial charge < -0.3 is 14.2 Å². The van der Waals surface area contributed by atoms with Crippen molar-refractivity contribution in [3.63, 3.8) is 0 Å². The molecule has 1 unspecified atom stereocenters. The third-order valence-corrected chi connectivity index (χ3v) is 9.74. The predicted molar refractivity (Wildman–Crippen MR) is 247 cm³/mol. The maximum Gasteiger partial charge on any atom is 0.306 e. The molecule has 0 bridgehead atoms. The van der Waals surface area contributed by atoms with Gasteiger partial charge in [0.05, 0.1) is 0 Å². The van der Waals surface area contributed by atoms with Crippen molar-refractivity contribution in [1.29, 1.82) is 0 Å². The molecule has 0 rings (SSSR count). The largest absolute Gasteiger partial charge is 0.462 e. The number of hydrogen-bond acceptors (Lipinski definition) is 6. The van der Waals surface area contributed by atoms with E-state index >= 15 is 0 Å². The summed E-state index contributed by atoms with van der Waals surface area (Å²) in [6.07, 6.45) is 58.4. The maximum atomic E-state index is 12.7. The van der Waals surface area contributed by atoms with Crippen molar-refractivity contribution < 1.29 is 28.6 Å². The van der Waals surface area contributed by atoms with Crippen LogP contribution in [0.4, 0.5) is 0 Å².